The molecule has 2 aromatic carbocycles. The maximum Gasteiger partial charge on any atom is 0.309 e. The first-order valence-electron chi connectivity index (χ1n) is 12.0. The Hall–Kier alpha value is -2.95. The number of aromatic nitrogens is 2. The third-order valence-corrected chi connectivity index (χ3v) is 8.06. The van der Waals surface area contributed by atoms with Crippen LogP contribution in [0.15, 0.2) is 53.4 Å². The van der Waals surface area contributed by atoms with Gasteiger partial charge in [0, 0.05) is 18.5 Å². The van der Waals surface area contributed by atoms with Crippen molar-refractivity contribution in [3.63, 3.8) is 0 Å². The number of hydrogen-bond donors (Lipinski definition) is 1. The molecule has 9 nitrogen and oxygen atoms in total. The quantitative estimate of drug-likeness (QED) is 0.432. The Morgan fingerprint density at radius 2 is 1.78 bits per heavy atom. The summed E-state index contributed by atoms with van der Waals surface area (Å²) in [4.78, 5) is 11.5. The highest BCUT2D eigenvalue weighted by Gasteiger charge is 2.39. The van der Waals surface area contributed by atoms with Gasteiger partial charge in [-0.25, -0.2) is 8.42 Å². The van der Waals surface area contributed by atoms with Gasteiger partial charge in [-0.05, 0) is 57.0 Å². The van der Waals surface area contributed by atoms with Gasteiger partial charge in [0.1, 0.15) is 12.4 Å². The second kappa shape index (κ2) is 10.2. The van der Waals surface area contributed by atoms with Crippen LogP contribution >= 0.6 is 0 Å². The van der Waals surface area contributed by atoms with Crippen molar-refractivity contribution in [2.45, 2.75) is 50.7 Å². The van der Waals surface area contributed by atoms with E-state index in [2.05, 4.69) is 5.10 Å². The number of carboxylic acid groups (broad SMARTS) is 1. The molecule has 1 aliphatic rings. The predicted octanol–water partition coefficient (Wildman–Crippen LogP) is 3.74. The van der Waals surface area contributed by atoms with Gasteiger partial charge >= 0.3 is 5.97 Å². The van der Waals surface area contributed by atoms with E-state index in [0.29, 0.717) is 31.2 Å². The molecule has 0 amide bonds. The van der Waals surface area contributed by atoms with Gasteiger partial charge in [-0.1, -0.05) is 25.1 Å². The van der Waals surface area contributed by atoms with E-state index in [1.54, 1.807) is 28.9 Å². The van der Waals surface area contributed by atoms with Crippen LogP contribution in [0.3, 0.4) is 0 Å². The number of hydrogen-bond acceptors (Lipinski definition) is 6. The van der Waals surface area contributed by atoms with Crippen LogP contribution in [0.5, 0.6) is 5.75 Å². The van der Waals surface area contributed by atoms with Crippen molar-refractivity contribution < 1.29 is 27.8 Å². The summed E-state index contributed by atoms with van der Waals surface area (Å²) in [5.41, 5.74) is 1.05. The molecule has 36 heavy (non-hydrogen) atoms. The van der Waals surface area contributed by atoms with E-state index in [4.69, 9.17) is 9.47 Å². The van der Waals surface area contributed by atoms with Crippen LogP contribution in [0, 0.1) is 5.92 Å². The molecule has 0 bridgehead atoms. The number of carboxylic acids is 1. The summed E-state index contributed by atoms with van der Waals surface area (Å²) in [5, 5.41) is 14.7. The Morgan fingerprint density at radius 3 is 2.44 bits per heavy atom. The van der Waals surface area contributed by atoms with Crippen LogP contribution in [0.1, 0.15) is 39.4 Å². The number of nitrogens with zero attached hydrogens (tertiary/aromatic N) is 3. The molecule has 3 aromatic rings. The zero-order chi connectivity index (χ0) is 26.1. The molecule has 1 aliphatic heterocycles. The Labute approximate surface area is 211 Å². The minimum atomic E-state index is -3.72. The van der Waals surface area contributed by atoms with E-state index in [-0.39, 0.29) is 35.4 Å². The molecule has 194 valence electrons. The van der Waals surface area contributed by atoms with Gasteiger partial charge in [-0.2, -0.15) is 9.40 Å². The standard InChI is InChI=1S/C26H33N3O6S/c1-18-16-28(17-24(18)29-23-8-6-5-7-21(23)22(27-29)15-25(30)31)36(32,33)20-11-9-19(10-12-20)34-13-14-35-26(2,3)4/h5-12,18,24H,13-17H2,1-4H3,(H,30,31)/t18-,24+/m1/s1. The second-order valence-electron chi connectivity index (χ2n) is 10.1. The number of sulfonamides is 1. The lowest BCUT2D eigenvalue weighted by Gasteiger charge is -2.19. The molecule has 0 aliphatic carbocycles. The van der Waals surface area contributed by atoms with Gasteiger partial charge in [0.05, 0.1) is 40.8 Å². The van der Waals surface area contributed by atoms with Crippen molar-refractivity contribution in [2.24, 2.45) is 5.92 Å². The SMILES string of the molecule is C[C@@H]1CN(S(=O)(=O)c2ccc(OCCOC(C)(C)C)cc2)C[C@@H]1n1nc(CC(=O)O)c2ccccc21. The Kier molecular flexibility index (Phi) is 7.40. The topological polar surface area (TPSA) is 111 Å². The molecule has 0 unspecified atom stereocenters. The van der Waals surface area contributed by atoms with E-state index < -0.39 is 16.0 Å². The Bertz CT molecular complexity index is 1330. The highest BCUT2D eigenvalue weighted by atomic mass is 32.2. The van der Waals surface area contributed by atoms with Crippen molar-refractivity contribution in [3.05, 3.63) is 54.2 Å². The third kappa shape index (κ3) is 5.71. The lowest BCUT2D eigenvalue weighted by Crippen LogP contribution is -2.29. The number of para-hydroxylation sites is 1. The number of benzene rings is 2. The van der Waals surface area contributed by atoms with Gasteiger partial charge < -0.3 is 14.6 Å². The monoisotopic (exact) mass is 515 g/mol. The van der Waals surface area contributed by atoms with Gasteiger partial charge in [0.25, 0.3) is 0 Å². The molecule has 2 atom stereocenters. The molecule has 10 heteroatoms. The number of carbonyl (C=O) groups is 1. The summed E-state index contributed by atoms with van der Waals surface area (Å²) >= 11 is 0. The average molecular weight is 516 g/mol. The van der Waals surface area contributed by atoms with E-state index in [1.807, 2.05) is 52.0 Å². The lowest BCUT2D eigenvalue weighted by atomic mass is 10.1. The van der Waals surface area contributed by atoms with Crippen LogP contribution in [-0.4, -0.2) is 65.5 Å². The van der Waals surface area contributed by atoms with Crippen LogP contribution in [0.25, 0.3) is 10.9 Å². The minimum Gasteiger partial charge on any atom is -0.491 e. The summed E-state index contributed by atoms with van der Waals surface area (Å²) in [6, 6.07) is 13.7. The molecule has 1 fully saturated rings. The molecule has 4 rings (SSSR count). The molecular weight excluding hydrogens is 482 g/mol. The number of rotatable bonds is 9. The molecule has 2 heterocycles. The third-order valence-electron chi connectivity index (χ3n) is 6.21. The second-order valence-corrected chi connectivity index (χ2v) is 12.1. The molecule has 1 saturated heterocycles. The van der Waals surface area contributed by atoms with Crippen LogP contribution in [0.4, 0.5) is 0 Å². The predicted molar refractivity (Wildman–Crippen MR) is 136 cm³/mol. The summed E-state index contributed by atoms with van der Waals surface area (Å²) in [5.74, 6) is -0.387. The molecule has 0 radical (unpaired) electrons. The minimum absolute atomic E-state index is 0.00816. The number of fused-ring (bicyclic) bond motifs is 1. The summed E-state index contributed by atoms with van der Waals surface area (Å²) in [6.07, 6.45) is -0.187. The average Bonchev–Trinajstić information content (AvgIpc) is 3.37. The van der Waals surface area contributed by atoms with Gasteiger partial charge in [0.15, 0.2) is 0 Å². The first-order valence-corrected chi connectivity index (χ1v) is 13.4. The fraction of sp³-hybridized carbons (Fsp3) is 0.462. The molecule has 1 aromatic heterocycles. The fourth-order valence-corrected chi connectivity index (χ4v) is 6.03. The fourth-order valence-electron chi connectivity index (χ4n) is 4.47. The largest absolute Gasteiger partial charge is 0.491 e. The van der Waals surface area contributed by atoms with Gasteiger partial charge in [0.2, 0.25) is 10.0 Å². The van der Waals surface area contributed by atoms with E-state index in [0.717, 1.165) is 10.9 Å². The zero-order valence-electron chi connectivity index (χ0n) is 21.0. The van der Waals surface area contributed by atoms with Crippen molar-refractivity contribution in [2.75, 3.05) is 26.3 Å². The van der Waals surface area contributed by atoms with Crippen molar-refractivity contribution >= 4 is 26.9 Å². The summed E-state index contributed by atoms with van der Waals surface area (Å²) < 4.78 is 41.4. The Morgan fingerprint density at radius 1 is 1.08 bits per heavy atom. The zero-order valence-corrected chi connectivity index (χ0v) is 21.9. The van der Waals surface area contributed by atoms with Crippen molar-refractivity contribution in [3.8, 4) is 5.75 Å². The highest BCUT2D eigenvalue weighted by Crippen LogP contribution is 2.34. The van der Waals surface area contributed by atoms with E-state index >= 15 is 0 Å². The first-order chi connectivity index (χ1) is 17.0. The maximum absolute atomic E-state index is 13.4. The van der Waals surface area contributed by atoms with Crippen LogP contribution in [-0.2, 0) is 26.0 Å². The maximum atomic E-state index is 13.4. The Balaban J connectivity index is 1.48. The highest BCUT2D eigenvalue weighted by molar-refractivity contribution is 7.89. The summed E-state index contributed by atoms with van der Waals surface area (Å²) in [6.45, 7) is 9.32. The number of aliphatic carboxylic acids is 1. The molecule has 0 saturated carbocycles. The molecule has 1 N–H and O–H groups in total. The van der Waals surface area contributed by atoms with E-state index in [9.17, 15) is 18.3 Å². The van der Waals surface area contributed by atoms with Crippen LogP contribution < -0.4 is 4.74 Å². The van der Waals surface area contributed by atoms with E-state index in [1.165, 1.54) is 4.31 Å². The molecular formula is C26H33N3O6S. The van der Waals surface area contributed by atoms with Crippen molar-refractivity contribution in [1.29, 1.82) is 0 Å². The first kappa shape index (κ1) is 26.1. The van der Waals surface area contributed by atoms with Crippen LogP contribution in [0.2, 0.25) is 0 Å². The van der Waals surface area contributed by atoms with Gasteiger partial charge in [-0.3, -0.25) is 9.48 Å². The molecule has 0 spiro atoms. The normalized spacial score (nSPS) is 19.1. The number of ether oxygens (including phenoxy) is 2. The summed E-state index contributed by atoms with van der Waals surface area (Å²) in [7, 11) is -3.72. The van der Waals surface area contributed by atoms with Gasteiger partial charge in [-0.15, -0.1) is 0 Å². The van der Waals surface area contributed by atoms with Crippen molar-refractivity contribution in [1.82, 2.24) is 14.1 Å². The lowest BCUT2D eigenvalue weighted by molar-refractivity contribution is -0.136. The smallest absolute Gasteiger partial charge is 0.309 e.